The number of hydrogen-bond donors (Lipinski definition) is 2. The maximum Gasteiger partial charge on any atom is 0.193 e. The highest BCUT2D eigenvalue weighted by Crippen LogP contribution is 2.17. The van der Waals surface area contributed by atoms with Crippen molar-refractivity contribution in [3.63, 3.8) is 0 Å². The van der Waals surface area contributed by atoms with Crippen molar-refractivity contribution in [3.05, 3.63) is 0 Å². The first-order valence-corrected chi connectivity index (χ1v) is 10.2. The third-order valence-corrected chi connectivity index (χ3v) is 5.16. The van der Waals surface area contributed by atoms with E-state index < -0.39 is 0 Å². The second kappa shape index (κ2) is 12.5. The molecule has 2 N–H and O–H groups in total. The van der Waals surface area contributed by atoms with E-state index >= 15 is 0 Å². The zero-order valence-electron chi connectivity index (χ0n) is 16.7. The summed E-state index contributed by atoms with van der Waals surface area (Å²) in [6.07, 6.45) is 3.96. The van der Waals surface area contributed by atoms with Crippen molar-refractivity contribution in [1.29, 1.82) is 0 Å². The molecule has 0 aromatic carbocycles. The van der Waals surface area contributed by atoms with Gasteiger partial charge in [-0.25, -0.2) is 0 Å². The van der Waals surface area contributed by atoms with E-state index in [0.29, 0.717) is 19.1 Å². The lowest BCUT2D eigenvalue weighted by atomic mass is 10.1. The molecule has 7 heteroatoms. The van der Waals surface area contributed by atoms with Crippen molar-refractivity contribution in [2.75, 3.05) is 72.7 Å². The molecule has 0 spiro atoms. The van der Waals surface area contributed by atoms with Crippen LogP contribution in [-0.2, 0) is 9.47 Å². The Hall–Kier alpha value is -0.890. The van der Waals surface area contributed by atoms with Gasteiger partial charge < -0.3 is 29.7 Å². The number of guanidine groups is 1. The summed E-state index contributed by atoms with van der Waals surface area (Å²) in [6, 6.07) is 0. The van der Waals surface area contributed by atoms with Crippen LogP contribution in [0.3, 0.4) is 0 Å². The van der Waals surface area contributed by atoms with Crippen molar-refractivity contribution in [3.8, 4) is 0 Å². The first kappa shape index (κ1) is 21.4. The van der Waals surface area contributed by atoms with Crippen LogP contribution in [0.1, 0.15) is 32.6 Å². The lowest BCUT2D eigenvalue weighted by molar-refractivity contribution is 0.0536. The van der Waals surface area contributed by atoms with Crippen LogP contribution >= 0.6 is 0 Å². The molecule has 0 radical (unpaired) electrons. The van der Waals surface area contributed by atoms with Crippen molar-refractivity contribution >= 4 is 5.96 Å². The van der Waals surface area contributed by atoms with Gasteiger partial charge in [0.15, 0.2) is 5.96 Å². The second-order valence-electron chi connectivity index (χ2n) is 7.33. The fourth-order valence-corrected chi connectivity index (χ4v) is 3.60. The van der Waals surface area contributed by atoms with Gasteiger partial charge in [-0.2, -0.15) is 0 Å². The molecular formula is C19H38N4O3. The van der Waals surface area contributed by atoms with Gasteiger partial charge >= 0.3 is 0 Å². The van der Waals surface area contributed by atoms with Crippen LogP contribution in [0.5, 0.6) is 0 Å². The number of aliphatic hydroxyl groups is 1. The number of aliphatic hydroxyl groups excluding tert-OH is 1. The fraction of sp³-hybridized carbons (Fsp3) is 0.947. The summed E-state index contributed by atoms with van der Waals surface area (Å²) < 4.78 is 10.7. The molecule has 7 nitrogen and oxygen atoms in total. The molecule has 2 aliphatic heterocycles. The van der Waals surface area contributed by atoms with E-state index in [1.165, 1.54) is 0 Å². The summed E-state index contributed by atoms with van der Waals surface area (Å²) in [4.78, 5) is 9.64. The van der Waals surface area contributed by atoms with Gasteiger partial charge in [0.2, 0.25) is 0 Å². The lowest BCUT2D eigenvalue weighted by Gasteiger charge is -2.29. The Morgan fingerprint density at radius 3 is 2.73 bits per heavy atom. The van der Waals surface area contributed by atoms with Crippen LogP contribution in [0, 0.1) is 5.92 Å². The largest absolute Gasteiger partial charge is 0.393 e. The topological polar surface area (TPSA) is 69.6 Å². The Balaban J connectivity index is 1.67. The van der Waals surface area contributed by atoms with E-state index in [2.05, 4.69) is 22.0 Å². The van der Waals surface area contributed by atoms with Crippen LogP contribution in [-0.4, -0.2) is 99.7 Å². The summed E-state index contributed by atoms with van der Waals surface area (Å²) in [7, 11) is 1.70. The quantitative estimate of drug-likeness (QED) is 0.337. The highest BCUT2D eigenvalue weighted by molar-refractivity contribution is 5.80. The number of ether oxygens (including phenoxy) is 2. The Morgan fingerprint density at radius 1 is 1.19 bits per heavy atom. The molecule has 0 amide bonds. The molecule has 1 unspecified atom stereocenters. The molecular weight excluding hydrogens is 332 g/mol. The average Bonchev–Trinajstić information content (AvgIpc) is 3.12. The van der Waals surface area contributed by atoms with Gasteiger partial charge in [-0.1, -0.05) is 0 Å². The summed E-state index contributed by atoms with van der Waals surface area (Å²) in [5.74, 6) is 1.62. The minimum Gasteiger partial charge on any atom is -0.393 e. The smallest absolute Gasteiger partial charge is 0.193 e. The van der Waals surface area contributed by atoms with Crippen LogP contribution in [0.15, 0.2) is 4.99 Å². The third-order valence-electron chi connectivity index (χ3n) is 5.16. The van der Waals surface area contributed by atoms with Gasteiger partial charge in [-0.3, -0.25) is 4.99 Å². The monoisotopic (exact) mass is 370 g/mol. The van der Waals surface area contributed by atoms with Gasteiger partial charge in [0.05, 0.1) is 25.9 Å². The van der Waals surface area contributed by atoms with E-state index in [9.17, 15) is 5.11 Å². The minimum absolute atomic E-state index is 0.0915. The molecule has 0 bridgehead atoms. The predicted molar refractivity (Wildman–Crippen MR) is 105 cm³/mol. The Bertz CT molecular complexity index is 400. The SMILES string of the molecule is CCNC(=NCCCN1CCC(O)CC1)N1CCC(COCCOC)C1. The number of piperidine rings is 1. The number of likely N-dealkylation sites (tertiary alicyclic amines) is 2. The number of rotatable bonds is 10. The molecule has 1 atom stereocenters. The molecule has 0 saturated carbocycles. The standard InChI is InChI=1S/C19H38N4O3/c1-3-20-19(21-8-4-9-22-10-6-18(24)7-11-22)23-12-5-17(15-23)16-26-14-13-25-2/h17-18,24H,3-16H2,1-2H3,(H,20,21). The normalized spacial score (nSPS) is 23.0. The van der Waals surface area contributed by atoms with Gasteiger partial charge in [0.25, 0.3) is 0 Å². The van der Waals surface area contributed by atoms with E-state index in [4.69, 9.17) is 14.5 Å². The van der Waals surface area contributed by atoms with Crippen LogP contribution in [0.2, 0.25) is 0 Å². The molecule has 152 valence electrons. The van der Waals surface area contributed by atoms with Crippen molar-refractivity contribution in [1.82, 2.24) is 15.1 Å². The summed E-state index contributed by atoms with van der Waals surface area (Å²) in [5, 5.41) is 13.0. The van der Waals surface area contributed by atoms with E-state index in [1.54, 1.807) is 7.11 Å². The number of hydrogen-bond acceptors (Lipinski definition) is 5. The number of nitrogens with zero attached hydrogens (tertiary/aromatic N) is 3. The first-order chi connectivity index (χ1) is 12.7. The van der Waals surface area contributed by atoms with Gasteiger partial charge in [0, 0.05) is 52.3 Å². The Kier molecular flexibility index (Phi) is 10.3. The summed E-state index contributed by atoms with van der Waals surface area (Å²) in [6.45, 7) is 11.2. The van der Waals surface area contributed by atoms with Gasteiger partial charge in [-0.15, -0.1) is 0 Å². The molecule has 2 fully saturated rings. The number of methoxy groups -OCH3 is 1. The maximum atomic E-state index is 9.58. The zero-order valence-corrected chi connectivity index (χ0v) is 16.7. The average molecular weight is 371 g/mol. The Morgan fingerprint density at radius 2 is 2.00 bits per heavy atom. The molecule has 2 saturated heterocycles. The molecule has 2 rings (SSSR count). The number of aliphatic imine (C=N–C) groups is 1. The fourth-order valence-electron chi connectivity index (χ4n) is 3.60. The zero-order chi connectivity index (χ0) is 18.6. The first-order valence-electron chi connectivity index (χ1n) is 10.2. The van der Waals surface area contributed by atoms with Gasteiger partial charge in [-0.05, 0) is 39.2 Å². The molecule has 0 aromatic rings. The molecule has 2 aliphatic rings. The van der Waals surface area contributed by atoms with Crippen LogP contribution in [0.4, 0.5) is 0 Å². The van der Waals surface area contributed by atoms with Crippen molar-refractivity contribution in [2.24, 2.45) is 10.9 Å². The third kappa shape index (κ3) is 7.78. The van der Waals surface area contributed by atoms with Crippen molar-refractivity contribution < 1.29 is 14.6 Å². The highest BCUT2D eigenvalue weighted by Gasteiger charge is 2.25. The number of nitrogens with one attached hydrogen (secondary N) is 1. The van der Waals surface area contributed by atoms with E-state index in [-0.39, 0.29) is 6.10 Å². The molecule has 26 heavy (non-hydrogen) atoms. The van der Waals surface area contributed by atoms with Crippen LogP contribution < -0.4 is 5.32 Å². The van der Waals surface area contributed by atoms with E-state index in [1.807, 2.05) is 0 Å². The second-order valence-corrected chi connectivity index (χ2v) is 7.33. The predicted octanol–water partition coefficient (Wildman–Crippen LogP) is 0.784. The maximum absolute atomic E-state index is 9.58. The van der Waals surface area contributed by atoms with Crippen LogP contribution in [0.25, 0.3) is 0 Å². The molecule has 0 aliphatic carbocycles. The minimum atomic E-state index is -0.0915. The Labute approximate surface area is 158 Å². The lowest BCUT2D eigenvalue weighted by Crippen LogP contribution is -2.40. The van der Waals surface area contributed by atoms with E-state index in [0.717, 1.165) is 84.1 Å². The van der Waals surface area contributed by atoms with Gasteiger partial charge in [0.1, 0.15) is 0 Å². The van der Waals surface area contributed by atoms with Crippen molar-refractivity contribution in [2.45, 2.75) is 38.7 Å². The summed E-state index contributed by atoms with van der Waals surface area (Å²) in [5.41, 5.74) is 0. The highest BCUT2D eigenvalue weighted by atomic mass is 16.5. The molecule has 2 heterocycles. The summed E-state index contributed by atoms with van der Waals surface area (Å²) >= 11 is 0. The molecule has 0 aromatic heterocycles.